The molecule has 0 aliphatic carbocycles. The van der Waals surface area contributed by atoms with Gasteiger partial charge in [0.2, 0.25) is 5.95 Å². The number of nitriles is 1. The van der Waals surface area contributed by atoms with E-state index in [1.165, 1.54) is 6.07 Å². The number of nitrogens with one attached hydrogen (secondary N) is 2. The van der Waals surface area contributed by atoms with Crippen LogP contribution in [0.25, 0.3) is 22.4 Å². The molecule has 2 aromatic carbocycles. The van der Waals surface area contributed by atoms with E-state index >= 15 is 0 Å². The Hall–Kier alpha value is -4.05. The molecule has 4 rings (SSSR count). The van der Waals surface area contributed by atoms with Crippen LogP contribution in [0.5, 0.6) is 0 Å². The highest BCUT2D eigenvalue weighted by atomic mass is 16.1. The second kappa shape index (κ2) is 6.45. The largest absolute Gasteiger partial charge is 0.289 e. The van der Waals surface area contributed by atoms with Crippen LogP contribution in [0.15, 0.2) is 60.7 Å². The third kappa shape index (κ3) is 2.99. The van der Waals surface area contributed by atoms with E-state index in [0.29, 0.717) is 22.6 Å². The number of carbonyl (C=O) groups is 1. The molecule has 0 atom stereocenters. The van der Waals surface area contributed by atoms with Crippen molar-refractivity contribution < 1.29 is 4.79 Å². The van der Waals surface area contributed by atoms with Gasteiger partial charge in [0, 0.05) is 10.9 Å². The molecule has 0 aliphatic rings. The van der Waals surface area contributed by atoms with E-state index in [1.807, 2.05) is 42.5 Å². The number of hydrogen-bond acceptors (Lipinski definition) is 5. The maximum absolute atomic E-state index is 12.3. The fraction of sp³-hybridized carbons (Fsp3) is 0. The average molecular weight is 340 g/mol. The van der Waals surface area contributed by atoms with Crippen molar-refractivity contribution in [1.82, 2.24) is 20.2 Å². The SMILES string of the molecule is N#Cc1cccc(C(=O)Nc2n[nH]c(-c3ccc4ccccc4n3)n2)c1. The minimum absolute atomic E-state index is 0.141. The van der Waals surface area contributed by atoms with Crippen LogP contribution in [-0.4, -0.2) is 26.1 Å². The summed E-state index contributed by atoms with van der Waals surface area (Å²) in [4.78, 5) is 21.1. The topological polar surface area (TPSA) is 107 Å². The van der Waals surface area contributed by atoms with Gasteiger partial charge >= 0.3 is 0 Å². The molecule has 2 heterocycles. The monoisotopic (exact) mass is 340 g/mol. The Bertz CT molecular complexity index is 1160. The van der Waals surface area contributed by atoms with Gasteiger partial charge in [-0.2, -0.15) is 10.2 Å². The zero-order chi connectivity index (χ0) is 17.9. The van der Waals surface area contributed by atoms with E-state index in [-0.39, 0.29) is 11.9 Å². The maximum atomic E-state index is 12.3. The summed E-state index contributed by atoms with van der Waals surface area (Å²) in [5, 5.41) is 19.3. The lowest BCUT2D eigenvalue weighted by Crippen LogP contribution is -2.13. The first-order valence-electron chi connectivity index (χ1n) is 7.83. The summed E-state index contributed by atoms with van der Waals surface area (Å²) in [5.41, 5.74) is 2.25. The number of aromatic amines is 1. The molecule has 2 aromatic heterocycles. The maximum Gasteiger partial charge on any atom is 0.258 e. The fourth-order valence-electron chi connectivity index (χ4n) is 2.53. The molecule has 7 nitrogen and oxygen atoms in total. The van der Waals surface area contributed by atoms with E-state index < -0.39 is 0 Å². The van der Waals surface area contributed by atoms with Crippen LogP contribution in [0.1, 0.15) is 15.9 Å². The molecular weight excluding hydrogens is 328 g/mol. The number of fused-ring (bicyclic) bond motifs is 1. The summed E-state index contributed by atoms with van der Waals surface area (Å²) >= 11 is 0. The van der Waals surface area contributed by atoms with Crippen molar-refractivity contribution in [3.05, 3.63) is 71.8 Å². The number of carbonyl (C=O) groups excluding carboxylic acids is 1. The molecule has 0 saturated heterocycles. The van der Waals surface area contributed by atoms with Crippen LogP contribution in [-0.2, 0) is 0 Å². The number of hydrogen-bond donors (Lipinski definition) is 2. The minimum atomic E-state index is -0.390. The van der Waals surface area contributed by atoms with Crippen molar-refractivity contribution in [3.8, 4) is 17.6 Å². The number of benzene rings is 2. The normalized spacial score (nSPS) is 10.4. The molecule has 0 bridgehead atoms. The van der Waals surface area contributed by atoms with Crippen LogP contribution in [0.2, 0.25) is 0 Å². The minimum Gasteiger partial charge on any atom is -0.289 e. The van der Waals surface area contributed by atoms with Gasteiger partial charge in [-0.15, -0.1) is 5.10 Å². The van der Waals surface area contributed by atoms with Gasteiger partial charge in [0.15, 0.2) is 5.82 Å². The fourth-order valence-corrected chi connectivity index (χ4v) is 2.53. The van der Waals surface area contributed by atoms with Gasteiger partial charge in [-0.3, -0.25) is 15.2 Å². The number of para-hydroxylation sites is 1. The third-order valence-electron chi connectivity index (χ3n) is 3.81. The molecule has 0 saturated carbocycles. The predicted octanol–water partition coefficient (Wildman–Crippen LogP) is 3.14. The number of anilines is 1. The van der Waals surface area contributed by atoms with Crippen molar-refractivity contribution in [2.75, 3.05) is 5.32 Å². The molecule has 0 unspecified atom stereocenters. The van der Waals surface area contributed by atoms with Crippen molar-refractivity contribution in [1.29, 1.82) is 5.26 Å². The van der Waals surface area contributed by atoms with E-state index in [4.69, 9.17) is 5.26 Å². The standard InChI is InChI=1S/C19H12N6O/c20-11-12-4-3-6-14(10-12)18(26)23-19-22-17(24-25-19)16-9-8-13-5-1-2-7-15(13)21-16/h1-10H,(H2,22,23,24,25,26). The van der Waals surface area contributed by atoms with Crippen molar-refractivity contribution in [2.45, 2.75) is 0 Å². The van der Waals surface area contributed by atoms with Gasteiger partial charge in [0.1, 0.15) is 5.69 Å². The summed E-state index contributed by atoms with van der Waals surface area (Å²) in [6.45, 7) is 0. The molecule has 0 spiro atoms. The van der Waals surface area contributed by atoms with Crippen LogP contribution < -0.4 is 5.32 Å². The quantitative estimate of drug-likeness (QED) is 0.596. The average Bonchev–Trinajstić information content (AvgIpc) is 3.16. The lowest BCUT2D eigenvalue weighted by Gasteiger charge is -2.01. The van der Waals surface area contributed by atoms with Crippen LogP contribution in [0.4, 0.5) is 5.95 Å². The Balaban J connectivity index is 1.57. The van der Waals surface area contributed by atoms with Crippen LogP contribution in [0.3, 0.4) is 0 Å². The second-order valence-corrected chi connectivity index (χ2v) is 5.54. The Morgan fingerprint density at radius 2 is 1.92 bits per heavy atom. The smallest absolute Gasteiger partial charge is 0.258 e. The molecule has 124 valence electrons. The Morgan fingerprint density at radius 1 is 1.04 bits per heavy atom. The van der Waals surface area contributed by atoms with E-state index in [1.54, 1.807) is 18.2 Å². The van der Waals surface area contributed by atoms with Gasteiger partial charge in [0.25, 0.3) is 5.91 Å². The number of pyridine rings is 1. The highest BCUT2D eigenvalue weighted by Crippen LogP contribution is 2.19. The van der Waals surface area contributed by atoms with E-state index in [9.17, 15) is 4.79 Å². The van der Waals surface area contributed by atoms with Crippen molar-refractivity contribution in [3.63, 3.8) is 0 Å². The highest BCUT2D eigenvalue weighted by Gasteiger charge is 2.12. The van der Waals surface area contributed by atoms with Gasteiger partial charge < -0.3 is 0 Å². The van der Waals surface area contributed by atoms with Crippen LogP contribution >= 0.6 is 0 Å². The molecule has 0 aliphatic heterocycles. The third-order valence-corrected chi connectivity index (χ3v) is 3.81. The summed E-state index contributed by atoms with van der Waals surface area (Å²) in [6, 6.07) is 20.0. The van der Waals surface area contributed by atoms with Crippen molar-refractivity contribution in [2.24, 2.45) is 0 Å². The number of rotatable bonds is 3. The molecule has 4 aromatic rings. The van der Waals surface area contributed by atoms with Gasteiger partial charge in [-0.05, 0) is 30.3 Å². The molecular formula is C19H12N6O. The first kappa shape index (κ1) is 15.5. The lowest BCUT2D eigenvalue weighted by molar-refractivity contribution is 0.102. The first-order chi connectivity index (χ1) is 12.7. The number of aromatic nitrogens is 4. The molecule has 26 heavy (non-hydrogen) atoms. The summed E-state index contributed by atoms with van der Waals surface area (Å²) in [6.07, 6.45) is 0. The molecule has 1 amide bonds. The van der Waals surface area contributed by atoms with Gasteiger partial charge in [-0.1, -0.05) is 30.3 Å². The Kier molecular flexibility index (Phi) is 3.84. The van der Waals surface area contributed by atoms with E-state index in [0.717, 1.165) is 10.9 Å². The molecule has 0 fully saturated rings. The van der Waals surface area contributed by atoms with Gasteiger partial charge in [-0.25, -0.2) is 4.98 Å². The Morgan fingerprint density at radius 3 is 2.81 bits per heavy atom. The van der Waals surface area contributed by atoms with Crippen molar-refractivity contribution >= 4 is 22.8 Å². The summed E-state index contributed by atoms with van der Waals surface area (Å²) in [5.74, 6) is 0.207. The molecule has 2 N–H and O–H groups in total. The molecule has 0 radical (unpaired) electrons. The molecule has 7 heteroatoms. The number of nitrogens with zero attached hydrogens (tertiary/aromatic N) is 4. The Labute approximate surface area is 148 Å². The summed E-state index contributed by atoms with van der Waals surface area (Å²) < 4.78 is 0. The zero-order valence-corrected chi connectivity index (χ0v) is 13.5. The predicted molar refractivity (Wildman–Crippen MR) is 96.2 cm³/mol. The van der Waals surface area contributed by atoms with Crippen LogP contribution in [0, 0.1) is 11.3 Å². The lowest BCUT2D eigenvalue weighted by atomic mass is 10.1. The highest BCUT2D eigenvalue weighted by molar-refractivity contribution is 6.03. The second-order valence-electron chi connectivity index (χ2n) is 5.54. The van der Waals surface area contributed by atoms with Gasteiger partial charge in [0.05, 0.1) is 17.1 Å². The summed E-state index contributed by atoms with van der Waals surface area (Å²) in [7, 11) is 0. The number of H-pyrrole nitrogens is 1. The van der Waals surface area contributed by atoms with E-state index in [2.05, 4.69) is 25.5 Å². The zero-order valence-electron chi connectivity index (χ0n) is 13.5. The first-order valence-corrected chi connectivity index (χ1v) is 7.83. The number of amides is 1.